The molecule has 7 heteroatoms. The highest BCUT2D eigenvalue weighted by molar-refractivity contribution is 5.58. The van der Waals surface area contributed by atoms with Crippen molar-refractivity contribution < 1.29 is 4.39 Å². The summed E-state index contributed by atoms with van der Waals surface area (Å²) in [5.41, 5.74) is 6.13. The third-order valence-corrected chi connectivity index (χ3v) is 3.19. The number of rotatable bonds is 5. The van der Waals surface area contributed by atoms with Crippen LogP contribution in [0.4, 0.5) is 27.9 Å². The maximum absolute atomic E-state index is 13.9. The molecule has 0 aliphatic heterocycles. The van der Waals surface area contributed by atoms with Crippen LogP contribution >= 0.6 is 0 Å². The highest BCUT2D eigenvalue weighted by atomic mass is 19.1. The minimum atomic E-state index is -0.344. The van der Waals surface area contributed by atoms with Crippen molar-refractivity contribution in [2.45, 2.75) is 13.8 Å². The number of nitrogens with two attached hydrogens (primary N) is 1. The summed E-state index contributed by atoms with van der Waals surface area (Å²) in [5.74, 6) is 0.577. The van der Waals surface area contributed by atoms with Crippen LogP contribution in [-0.2, 0) is 0 Å². The largest absolute Gasteiger partial charge is 0.368 e. The Labute approximate surface area is 123 Å². The predicted octanol–water partition coefficient (Wildman–Crippen LogP) is 2.21. The fourth-order valence-electron chi connectivity index (χ4n) is 2.00. The first-order valence-corrected chi connectivity index (χ1v) is 6.81. The first kappa shape index (κ1) is 15.0. The lowest BCUT2D eigenvalue weighted by molar-refractivity contribution is 0.626. The van der Waals surface area contributed by atoms with Crippen molar-refractivity contribution >= 4 is 23.5 Å². The van der Waals surface area contributed by atoms with Crippen molar-refractivity contribution in [1.82, 2.24) is 15.0 Å². The molecule has 0 spiro atoms. The van der Waals surface area contributed by atoms with Gasteiger partial charge in [0, 0.05) is 20.1 Å². The highest BCUT2D eigenvalue weighted by Gasteiger charge is 2.15. The van der Waals surface area contributed by atoms with Gasteiger partial charge in [-0.2, -0.15) is 15.0 Å². The molecule has 0 saturated heterocycles. The van der Waals surface area contributed by atoms with E-state index in [-0.39, 0.29) is 11.8 Å². The maximum Gasteiger partial charge on any atom is 0.236 e. The van der Waals surface area contributed by atoms with Crippen LogP contribution in [0.3, 0.4) is 0 Å². The van der Waals surface area contributed by atoms with Crippen molar-refractivity contribution in [2.75, 3.05) is 35.7 Å². The molecule has 0 aliphatic rings. The van der Waals surface area contributed by atoms with Crippen LogP contribution in [0.15, 0.2) is 24.3 Å². The zero-order valence-electron chi connectivity index (χ0n) is 12.4. The van der Waals surface area contributed by atoms with Gasteiger partial charge in [0.15, 0.2) is 0 Å². The second-order valence-corrected chi connectivity index (χ2v) is 4.48. The van der Waals surface area contributed by atoms with Crippen molar-refractivity contribution in [2.24, 2.45) is 0 Å². The molecule has 112 valence electrons. The van der Waals surface area contributed by atoms with Gasteiger partial charge in [0.1, 0.15) is 5.82 Å². The first-order valence-electron chi connectivity index (χ1n) is 6.81. The SMILES string of the molecule is CCN(CC)c1nc(N)nc(N(C)c2ccccc2F)n1. The molecule has 0 saturated carbocycles. The smallest absolute Gasteiger partial charge is 0.236 e. The Bertz CT molecular complexity index is 614. The van der Waals surface area contributed by atoms with Crippen LogP contribution in [0.5, 0.6) is 0 Å². The number of para-hydroxylation sites is 1. The molecule has 1 aromatic heterocycles. The van der Waals surface area contributed by atoms with E-state index in [0.717, 1.165) is 13.1 Å². The number of nitrogen functional groups attached to an aromatic ring is 1. The number of hydrogen-bond acceptors (Lipinski definition) is 6. The average Bonchev–Trinajstić information content (AvgIpc) is 2.48. The molecule has 2 N–H and O–H groups in total. The summed E-state index contributed by atoms with van der Waals surface area (Å²) in [6.45, 7) is 5.51. The summed E-state index contributed by atoms with van der Waals surface area (Å²) in [6.07, 6.45) is 0. The quantitative estimate of drug-likeness (QED) is 0.910. The Morgan fingerprint density at radius 3 is 2.29 bits per heavy atom. The second kappa shape index (κ2) is 6.34. The van der Waals surface area contributed by atoms with Crippen LogP contribution in [0.2, 0.25) is 0 Å². The summed E-state index contributed by atoms with van der Waals surface area (Å²) in [6, 6.07) is 6.44. The van der Waals surface area contributed by atoms with Crippen LogP contribution in [0.1, 0.15) is 13.8 Å². The van der Waals surface area contributed by atoms with Crippen LogP contribution in [-0.4, -0.2) is 35.1 Å². The van der Waals surface area contributed by atoms with Crippen molar-refractivity contribution in [3.05, 3.63) is 30.1 Å². The summed E-state index contributed by atoms with van der Waals surface area (Å²) in [4.78, 5) is 16.1. The Kier molecular flexibility index (Phi) is 4.52. The molecule has 1 heterocycles. The van der Waals surface area contributed by atoms with Gasteiger partial charge >= 0.3 is 0 Å². The molecule has 2 aromatic rings. The van der Waals surface area contributed by atoms with E-state index in [4.69, 9.17) is 5.73 Å². The molecule has 0 bridgehead atoms. The molecular weight excluding hydrogens is 271 g/mol. The van der Waals surface area contributed by atoms with Crippen LogP contribution in [0.25, 0.3) is 0 Å². The molecule has 2 rings (SSSR count). The van der Waals surface area contributed by atoms with Crippen molar-refractivity contribution in [3.8, 4) is 0 Å². The topological polar surface area (TPSA) is 71.2 Å². The lowest BCUT2D eigenvalue weighted by atomic mass is 10.3. The lowest BCUT2D eigenvalue weighted by Crippen LogP contribution is -2.26. The van der Waals surface area contributed by atoms with E-state index < -0.39 is 0 Å². The summed E-state index contributed by atoms with van der Waals surface area (Å²) in [5, 5.41) is 0. The van der Waals surface area contributed by atoms with E-state index in [9.17, 15) is 4.39 Å². The fraction of sp³-hybridized carbons (Fsp3) is 0.357. The van der Waals surface area contributed by atoms with Crippen LogP contribution < -0.4 is 15.5 Å². The normalized spacial score (nSPS) is 10.5. The van der Waals surface area contributed by atoms with Gasteiger partial charge in [-0.05, 0) is 26.0 Å². The van der Waals surface area contributed by atoms with Gasteiger partial charge < -0.3 is 15.5 Å². The van der Waals surface area contributed by atoms with E-state index in [1.54, 1.807) is 30.1 Å². The fourth-order valence-corrected chi connectivity index (χ4v) is 2.00. The van der Waals surface area contributed by atoms with E-state index >= 15 is 0 Å². The first-order chi connectivity index (χ1) is 10.1. The maximum atomic E-state index is 13.9. The summed E-state index contributed by atoms with van der Waals surface area (Å²) < 4.78 is 13.9. The number of halogens is 1. The zero-order valence-corrected chi connectivity index (χ0v) is 12.4. The number of aromatic nitrogens is 3. The molecule has 0 radical (unpaired) electrons. The van der Waals surface area contributed by atoms with Gasteiger partial charge in [-0.15, -0.1) is 0 Å². The number of anilines is 4. The van der Waals surface area contributed by atoms with Gasteiger partial charge in [0.2, 0.25) is 17.8 Å². The number of nitrogens with zero attached hydrogens (tertiary/aromatic N) is 5. The monoisotopic (exact) mass is 290 g/mol. The number of benzene rings is 1. The van der Waals surface area contributed by atoms with Crippen molar-refractivity contribution in [3.63, 3.8) is 0 Å². The minimum Gasteiger partial charge on any atom is -0.368 e. The van der Waals surface area contributed by atoms with Gasteiger partial charge in [0.25, 0.3) is 0 Å². The van der Waals surface area contributed by atoms with Gasteiger partial charge in [-0.25, -0.2) is 4.39 Å². The summed E-state index contributed by atoms with van der Waals surface area (Å²) >= 11 is 0. The van der Waals surface area contributed by atoms with E-state index in [2.05, 4.69) is 15.0 Å². The summed E-state index contributed by atoms with van der Waals surface area (Å²) in [7, 11) is 1.69. The zero-order chi connectivity index (χ0) is 15.4. The Hall–Kier alpha value is -2.44. The molecular formula is C14H19FN6. The predicted molar refractivity (Wildman–Crippen MR) is 82.3 cm³/mol. The Morgan fingerprint density at radius 2 is 1.67 bits per heavy atom. The highest BCUT2D eigenvalue weighted by Crippen LogP contribution is 2.24. The standard InChI is InChI=1S/C14H19FN6/c1-4-21(5-2)14-18-12(16)17-13(19-14)20(3)11-9-7-6-8-10(11)15/h6-9H,4-5H2,1-3H3,(H2,16,17,18,19). The van der Waals surface area contributed by atoms with Gasteiger partial charge in [-0.3, -0.25) is 0 Å². The van der Waals surface area contributed by atoms with Gasteiger partial charge in [-0.1, -0.05) is 12.1 Å². The third kappa shape index (κ3) is 3.18. The molecule has 0 amide bonds. The average molecular weight is 290 g/mol. The Balaban J connectivity index is 2.42. The molecule has 1 aromatic carbocycles. The molecule has 6 nitrogen and oxygen atoms in total. The van der Waals surface area contributed by atoms with E-state index in [1.165, 1.54) is 6.07 Å². The van der Waals surface area contributed by atoms with E-state index in [1.807, 2.05) is 18.7 Å². The molecule has 0 unspecified atom stereocenters. The van der Waals surface area contributed by atoms with Crippen LogP contribution in [0, 0.1) is 5.82 Å². The minimum absolute atomic E-state index is 0.116. The lowest BCUT2D eigenvalue weighted by Gasteiger charge is -2.22. The molecule has 0 aliphatic carbocycles. The van der Waals surface area contributed by atoms with Gasteiger partial charge in [0.05, 0.1) is 5.69 Å². The molecule has 0 atom stereocenters. The number of hydrogen-bond donors (Lipinski definition) is 1. The Morgan fingerprint density at radius 1 is 1.05 bits per heavy atom. The third-order valence-electron chi connectivity index (χ3n) is 3.19. The van der Waals surface area contributed by atoms with Crippen molar-refractivity contribution in [1.29, 1.82) is 0 Å². The molecule has 21 heavy (non-hydrogen) atoms. The molecule has 0 fully saturated rings. The van der Waals surface area contributed by atoms with E-state index in [0.29, 0.717) is 17.6 Å². The second-order valence-electron chi connectivity index (χ2n) is 4.48.